The lowest BCUT2D eigenvalue weighted by molar-refractivity contribution is -0.129. The van der Waals surface area contributed by atoms with Gasteiger partial charge in [0.25, 0.3) is 0 Å². The van der Waals surface area contributed by atoms with Gasteiger partial charge in [0.1, 0.15) is 0 Å². The molecule has 1 amide bonds. The molecule has 1 aromatic carbocycles. The lowest BCUT2D eigenvalue weighted by atomic mass is 10.2. The molecule has 1 fully saturated rings. The van der Waals surface area contributed by atoms with Crippen LogP contribution in [0.25, 0.3) is 0 Å². The van der Waals surface area contributed by atoms with Crippen LogP contribution in [0.5, 0.6) is 0 Å². The van der Waals surface area contributed by atoms with E-state index in [1.807, 2.05) is 36.1 Å². The summed E-state index contributed by atoms with van der Waals surface area (Å²) in [5.74, 6) is 0.525. The van der Waals surface area contributed by atoms with Gasteiger partial charge in [-0.25, -0.2) is 0 Å². The number of rotatable bonds is 4. The van der Waals surface area contributed by atoms with E-state index < -0.39 is 0 Å². The minimum absolute atomic E-state index is 0.175. The number of aryl methyl sites for hydroxylation is 1. The van der Waals surface area contributed by atoms with E-state index in [-0.39, 0.29) is 5.91 Å². The molecule has 3 N–H and O–H groups in total. The van der Waals surface area contributed by atoms with Gasteiger partial charge in [0, 0.05) is 25.2 Å². The molecule has 0 aromatic heterocycles. The Kier molecular flexibility index (Phi) is 4.98. The molecule has 108 valence electrons. The van der Waals surface area contributed by atoms with Gasteiger partial charge in [0.05, 0.1) is 6.54 Å². The van der Waals surface area contributed by atoms with Crippen molar-refractivity contribution < 1.29 is 4.79 Å². The highest BCUT2D eigenvalue weighted by molar-refractivity contribution is 5.92. The first-order valence-corrected chi connectivity index (χ1v) is 7.06. The van der Waals surface area contributed by atoms with E-state index in [9.17, 15) is 4.79 Å². The molecule has 5 nitrogen and oxygen atoms in total. The van der Waals surface area contributed by atoms with Crippen LogP contribution < -0.4 is 11.1 Å². The summed E-state index contributed by atoms with van der Waals surface area (Å²) < 4.78 is 0. The molecule has 2 rings (SSSR count). The summed E-state index contributed by atoms with van der Waals surface area (Å²) >= 11 is 0. The largest absolute Gasteiger partial charge is 0.370 e. The van der Waals surface area contributed by atoms with E-state index >= 15 is 0 Å². The average molecular weight is 274 g/mol. The van der Waals surface area contributed by atoms with Crippen LogP contribution in [0.1, 0.15) is 24.8 Å². The van der Waals surface area contributed by atoms with Gasteiger partial charge in [0.15, 0.2) is 5.96 Å². The fourth-order valence-corrected chi connectivity index (χ4v) is 2.22. The number of hydrogen-bond donors (Lipinski definition) is 2. The maximum absolute atomic E-state index is 11.8. The van der Waals surface area contributed by atoms with Crippen LogP contribution >= 0.6 is 0 Å². The van der Waals surface area contributed by atoms with Crippen molar-refractivity contribution in [3.8, 4) is 0 Å². The summed E-state index contributed by atoms with van der Waals surface area (Å²) in [6.07, 6.45) is 2.66. The first kappa shape index (κ1) is 14.4. The SMILES string of the molecule is Cc1ccc(NC(N)=NCCC(=O)N2CCCC2)cc1. The fourth-order valence-electron chi connectivity index (χ4n) is 2.22. The molecular formula is C15H22N4O. The van der Waals surface area contributed by atoms with E-state index in [1.165, 1.54) is 5.56 Å². The lowest BCUT2D eigenvalue weighted by Gasteiger charge is -2.14. The molecule has 1 aromatic rings. The van der Waals surface area contributed by atoms with Crippen molar-refractivity contribution in [1.82, 2.24) is 4.90 Å². The van der Waals surface area contributed by atoms with Crippen molar-refractivity contribution in [3.63, 3.8) is 0 Å². The Labute approximate surface area is 119 Å². The summed E-state index contributed by atoms with van der Waals surface area (Å²) in [5, 5.41) is 3.02. The van der Waals surface area contributed by atoms with Gasteiger partial charge >= 0.3 is 0 Å². The molecule has 1 heterocycles. The Morgan fingerprint density at radius 3 is 2.60 bits per heavy atom. The molecule has 0 saturated carbocycles. The van der Waals surface area contributed by atoms with Gasteiger partial charge < -0.3 is 16.0 Å². The van der Waals surface area contributed by atoms with Crippen molar-refractivity contribution in [1.29, 1.82) is 0 Å². The summed E-state index contributed by atoms with van der Waals surface area (Å²) in [5.41, 5.74) is 7.90. The van der Waals surface area contributed by atoms with E-state index in [4.69, 9.17) is 5.73 Å². The van der Waals surface area contributed by atoms with E-state index in [0.29, 0.717) is 18.9 Å². The first-order chi connectivity index (χ1) is 9.65. The van der Waals surface area contributed by atoms with E-state index in [0.717, 1.165) is 31.6 Å². The van der Waals surface area contributed by atoms with Gasteiger partial charge in [-0.1, -0.05) is 17.7 Å². The number of hydrogen-bond acceptors (Lipinski definition) is 2. The Morgan fingerprint density at radius 2 is 1.95 bits per heavy atom. The maximum Gasteiger partial charge on any atom is 0.224 e. The topological polar surface area (TPSA) is 70.7 Å². The minimum Gasteiger partial charge on any atom is -0.370 e. The number of nitrogens with two attached hydrogens (primary N) is 1. The molecule has 5 heteroatoms. The number of amides is 1. The van der Waals surface area contributed by atoms with E-state index in [2.05, 4.69) is 10.3 Å². The Morgan fingerprint density at radius 1 is 1.30 bits per heavy atom. The molecule has 0 bridgehead atoms. The van der Waals surface area contributed by atoms with Crippen molar-refractivity contribution in [2.75, 3.05) is 25.0 Å². The van der Waals surface area contributed by atoms with E-state index in [1.54, 1.807) is 0 Å². The molecule has 1 aliphatic rings. The smallest absolute Gasteiger partial charge is 0.224 e. The van der Waals surface area contributed by atoms with Crippen LogP contribution in [0.4, 0.5) is 5.69 Å². The normalized spacial score (nSPS) is 15.4. The van der Waals surface area contributed by atoms with Crippen LogP contribution in [0.2, 0.25) is 0 Å². The Balaban J connectivity index is 1.76. The van der Waals surface area contributed by atoms with Crippen LogP contribution in [0.15, 0.2) is 29.3 Å². The second-order valence-electron chi connectivity index (χ2n) is 5.10. The van der Waals surface area contributed by atoms with Gasteiger partial charge in [0.2, 0.25) is 5.91 Å². The summed E-state index contributed by atoms with van der Waals surface area (Å²) in [6.45, 7) is 4.24. The standard InChI is InChI=1S/C15H22N4O/c1-12-4-6-13(7-5-12)18-15(16)17-9-8-14(20)19-10-2-3-11-19/h4-7H,2-3,8-11H2,1H3,(H3,16,17,18). The maximum atomic E-state index is 11.8. The lowest BCUT2D eigenvalue weighted by Crippen LogP contribution is -2.28. The van der Waals surface area contributed by atoms with Crippen molar-refractivity contribution in [3.05, 3.63) is 29.8 Å². The number of guanidine groups is 1. The second-order valence-corrected chi connectivity index (χ2v) is 5.10. The minimum atomic E-state index is 0.175. The quantitative estimate of drug-likeness (QED) is 0.649. The van der Waals surface area contributed by atoms with Crippen molar-refractivity contribution >= 4 is 17.6 Å². The molecule has 0 aliphatic carbocycles. The molecule has 0 radical (unpaired) electrons. The Bertz CT molecular complexity index is 475. The number of carbonyl (C=O) groups is 1. The molecule has 0 unspecified atom stereocenters. The van der Waals surface area contributed by atoms with Gasteiger partial charge in [-0.05, 0) is 31.9 Å². The predicted molar refractivity (Wildman–Crippen MR) is 81.7 cm³/mol. The summed E-state index contributed by atoms with van der Waals surface area (Å²) in [7, 11) is 0. The van der Waals surface area contributed by atoms with Crippen LogP contribution in [-0.2, 0) is 4.79 Å². The molecule has 1 aliphatic heterocycles. The molecule has 20 heavy (non-hydrogen) atoms. The number of likely N-dealkylation sites (tertiary alicyclic amines) is 1. The number of aliphatic imine (C=N–C) groups is 1. The highest BCUT2D eigenvalue weighted by atomic mass is 16.2. The predicted octanol–water partition coefficient (Wildman–Crippen LogP) is 1.73. The number of nitrogens with one attached hydrogen (secondary N) is 1. The van der Waals surface area contributed by atoms with Crippen LogP contribution in [-0.4, -0.2) is 36.4 Å². The van der Waals surface area contributed by atoms with Crippen molar-refractivity contribution in [2.24, 2.45) is 10.7 Å². The Hall–Kier alpha value is -2.04. The third kappa shape index (κ3) is 4.26. The highest BCUT2D eigenvalue weighted by Gasteiger charge is 2.16. The second kappa shape index (κ2) is 6.93. The molecule has 0 spiro atoms. The fraction of sp³-hybridized carbons (Fsp3) is 0.467. The zero-order chi connectivity index (χ0) is 14.4. The third-order valence-corrected chi connectivity index (χ3v) is 3.39. The highest BCUT2D eigenvalue weighted by Crippen LogP contribution is 2.09. The molecule has 0 atom stereocenters. The zero-order valence-corrected chi connectivity index (χ0v) is 11.9. The van der Waals surface area contributed by atoms with Crippen molar-refractivity contribution in [2.45, 2.75) is 26.2 Å². The number of carbonyl (C=O) groups excluding carboxylic acids is 1. The monoisotopic (exact) mass is 274 g/mol. The van der Waals surface area contributed by atoms with Crippen LogP contribution in [0.3, 0.4) is 0 Å². The third-order valence-electron chi connectivity index (χ3n) is 3.39. The van der Waals surface area contributed by atoms with Crippen LogP contribution in [0, 0.1) is 6.92 Å². The van der Waals surface area contributed by atoms with Gasteiger partial charge in [-0.3, -0.25) is 9.79 Å². The first-order valence-electron chi connectivity index (χ1n) is 7.06. The molecular weight excluding hydrogens is 252 g/mol. The number of nitrogens with zero attached hydrogens (tertiary/aromatic N) is 2. The van der Waals surface area contributed by atoms with Gasteiger partial charge in [-0.15, -0.1) is 0 Å². The number of benzene rings is 1. The zero-order valence-electron chi connectivity index (χ0n) is 11.9. The summed E-state index contributed by atoms with van der Waals surface area (Å²) in [6, 6.07) is 7.92. The summed E-state index contributed by atoms with van der Waals surface area (Å²) in [4.78, 5) is 17.9. The van der Waals surface area contributed by atoms with Gasteiger partial charge in [-0.2, -0.15) is 0 Å². The molecule has 1 saturated heterocycles. The average Bonchev–Trinajstić information content (AvgIpc) is 2.95. The number of anilines is 1.